The second kappa shape index (κ2) is 1.31. The molecule has 0 saturated heterocycles. The van der Waals surface area contributed by atoms with E-state index < -0.39 is 0 Å². The van der Waals surface area contributed by atoms with E-state index in [1.807, 2.05) is 0 Å². The van der Waals surface area contributed by atoms with Crippen LogP contribution in [0.15, 0.2) is 0 Å². The first kappa shape index (κ1) is 5.62. The monoisotopic (exact) mass is 136 g/mol. The molecule has 4 aliphatic carbocycles. The van der Waals surface area contributed by atoms with Crippen LogP contribution >= 0.6 is 0 Å². The first-order chi connectivity index (χ1) is 4.69. The third-order valence-corrected chi connectivity index (χ3v) is 4.63. The minimum absolute atomic E-state index is 0.748. The summed E-state index contributed by atoms with van der Waals surface area (Å²) in [5.74, 6) is 4.62. The lowest BCUT2D eigenvalue weighted by atomic mass is 9.49. The van der Waals surface area contributed by atoms with Crippen LogP contribution in [0.2, 0.25) is 0 Å². The van der Waals surface area contributed by atoms with Crippen LogP contribution in [0.4, 0.5) is 0 Å². The van der Waals surface area contributed by atoms with Gasteiger partial charge in [-0.25, -0.2) is 0 Å². The average Bonchev–Trinajstić information content (AvgIpc) is 2.62. The van der Waals surface area contributed by atoms with Crippen molar-refractivity contribution in [3.63, 3.8) is 0 Å². The van der Waals surface area contributed by atoms with E-state index >= 15 is 0 Å². The van der Waals surface area contributed by atoms with Gasteiger partial charge in [-0.3, -0.25) is 0 Å². The Hall–Kier alpha value is 0. The van der Waals surface area contributed by atoms with E-state index in [4.69, 9.17) is 0 Å². The maximum Gasteiger partial charge on any atom is -0.0295 e. The molecule has 0 amide bonds. The van der Waals surface area contributed by atoms with Gasteiger partial charge >= 0.3 is 0 Å². The predicted molar refractivity (Wildman–Crippen MR) is 41.6 cm³/mol. The molecule has 0 aromatic rings. The third-order valence-electron chi connectivity index (χ3n) is 4.63. The maximum atomic E-state index is 2.49. The predicted octanol–water partition coefficient (Wildman–Crippen LogP) is 2.69. The molecule has 0 heterocycles. The highest BCUT2D eigenvalue weighted by molar-refractivity contribution is 5.12. The fourth-order valence-electron chi connectivity index (χ4n) is 3.58. The van der Waals surface area contributed by atoms with E-state index in [9.17, 15) is 0 Å². The smallest absolute Gasteiger partial charge is 0.0295 e. The summed E-state index contributed by atoms with van der Waals surface area (Å²) in [7, 11) is 0. The molecular formula is C10H16. The Labute approximate surface area is 63.0 Å². The molecule has 0 aliphatic heterocycles. The van der Waals surface area contributed by atoms with Crippen molar-refractivity contribution in [1.82, 2.24) is 0 Å². The lowest BCUT2D eigenvalue weighted by Crippen LogP contribution is -2.49. The summed E-state index contributed by atoms with van der Waals surface area (Å²) < 4.78 is 0. The molecule has 10 heavy (non-hydrogen) atoms. The first-order valence-corrected chi connectivity index (χ1v) is 4.69. The lowest BCUT2D eigenvalue weighted by Gasteiger charge is -2.56. The molecule has 2 bridgehead atoms. The average molecular weight is 136 g/mol. The van der Waals surface area contributed by atoms with Crippen molar-refractivity contribution in [2.45, 2.75) is 33.1 Å². The zero-order chi connectivity index (χ0) is 6.93. The Morgan fingerprint density at radius 1 is 1.10 bits per heavy atom. The molecule has 0 heteroatoms. The summed E-state index contributed by atoms with van der Waals surface area (Å²) >= 11 is 0. The Morgan fingerprint density at radius 3 is 2.40 bits per heavy atom. The van der Waals surface area contributed by atoms with Gasteiger partial charge in [-0.1, -0.05) is 13.8 Å². The van der Waals surface area contributed by atoms with Gasteiger partial charge in [0, 0.05) is 0 Å². The lowest BCUT2D eigenvalue weighted by molar-refractivity contribution is -0.0733. The fourth-order valence-corrected chi connectivity index (χ4v) is 3.58. The van der Waals surface area contributed by atoms with Gasteiger partial charge < -0.3 is 0 Å². The van der Waals surface area contributed by atoms with Crippen molar-refractivity contribution in [3.05, 3.63) is 0 Å². The summed E-state index contributed by atoms with van der Waals surface area (Å²) in [6.07, 6.45) is 4.74. The molecular weight excluding hydrogens is 120 g/mol. The number of hydrogen-bond donors (Lipinski definition) is 0. The zero-order valence-electron chi connectivity index (χ0n) is 6.93. The second-order valence-corrected chi connectivity index (χ2v) is 5.26. The molecule has 56 valence electrons. The number of rotatable bonds is 0. The van der Waals surface area contributed by atoms with Gasteiger partial charge in [0.2, 0.25) is 0 Å². The van der Waals surface area contributed by atoms with Crippen molar-refractivity contribution < 1.29 is 0 Å². The SMILES string of the molecule is CC1(C)[C@@H]2C[C@H]3C[C@H]3[C@H]1C2. The molecule has 4 rings (SSSR count). The molecule has 4 aliphatic rings. The largest absolute Gasteiger partial charge is 0.0594 e. The minimum Gasteiger partial charge on any atom is -0.0594 e. The molecule has 4 fully saturated rings. The highest BCUT2D eigenvalue weighted by atomic mass is 14.7. The van der Waals surface area contributed by atoms with Gasteiger partial charge in [0.1, 0.15) is 0 Å². The van der Waals surface area contributed by atoms with Crippen molar-refractivity contribution in [2.75, 3.05) is 0 Å². The van der Waals surface area contributed by atoms with E-state index in [1.165, 1.54) is 11.8 Å². The number of hydrogen-bond acceptors (Lipinski definition) is 0. The molecule has 0 aromatic heterocycles. The van der Waals surface area contributed by atoms with Crippen LogP contribution < -0.4 is 0 Å². The van der Waals surface area contributed by atoms with Crippen LogP contribution in [-0.4, -0.2) is 0 Å². The van der Waals surface area contributed by atoms with Crippen LogP contribution in [0, 0.1) is 29.1 Å². The standard InChI is InChI=1S/C10H16/c1-10(2)7-3-6-4-8(6)9(10)5-7/h6-9H,3-5H2,1-2H3/t6-,7+,8+,9+/m0/s1. The van der Waals surface area contributed by atoms with E-state index in [2.05, 4.69) is 13.8 Å². The van der Waals surface area contributed by atoms with Crippen molar-refractivity contribution in [2.24, 2.45) is 29.1 Å². The van der Waals surface area contributed by atoms with Gasteiger partial charge in [-0.05, 0) is 48.3 Å². The molecule has 4 atom stereocenters. The zero-order valence-corrected chi connectivity index (χ0v) is 6.93. The molecule has 0 N–H and O–H groups in total. The molecule has 0 nitrogen and oxygen atoms in total. The van der Waals surface area contributed by atoms with Crippen LogP contribution in [0.3, 0.4) is 0 Å². The minimum atomic E-state index is 0.748. The molecule has 0 unspecified atom stereocenters. The maximum absolute atomic E-state index is 2.49. The van der Waals surface area contributed by atoms with Crippen molar-refractivity contribution >= 4 is 0 Å². The van der Waals surface area contributed by atoms with Crippen LogP contribution in [0.1, 0.15) is 33.1 Å². The van der Waals surface area contributed by atoms with Crippen LogP contribution in [-0.2, 0) is 0 Å². The quantitative estimate of drug-likeness (QED) is 0.480. The van der Waals surface area contributed by atoms with E-state index in [0.29, 0.717) is 0 Å². The Bertz CT molecular complexity index is 180. The molecule has 0 radical (unpaired) electrons. The fraction of sp³-hybridized carbons (Fsp3) is 1.00. The van der Waals surface area contributed by atoms with Gasteiger partial charge in [0.05, 0.1) is 0 Å². The molecule has 4 saturated carbocycles. The Kier molecular flexibility index (Phi) is 0.735. The van der Waals surface area contributed by atoms with Gasteiger partial charge in [0.15, 0.2) is 0 Å². The van der Waals surface area contributed by atoms with Gasteiger partial charge in [-0.15, -0.1) is 0 Å². The van der Waals surface area contributed by atoms with Gasteiger partial charge in [0.25, 0.3) is 0 Å². The molecule has 0 aromatic carbocycles. The summed E-state index contributed by atoms with van der Waals surface area (Å²) in [4.78, 5) is 0. The summed E-state index contributed by atoms with van der Waals surface area (Å²) in [5, 5.41) is 0. The summed E-state index contributed by atoms with van der Waals surface area (Å²) in [6.45, 7) is 4.97. The van der Waals surface area contributed by atoms with Crippen molar-refractivity contribution in [1.29, 1.82) is 0 Å². The Morgan fingerprint density at radius 2 is 1.90 bits per heavy atom. The normalized spacial score (nSPS) is 60.6. The highest BCUT2D eigenvalue weighted by Gasteiger charge is 2.63. The second-order valence-electron chi connectivity index (χ2n) is 5.26. The Balaban J connectivity index is 1.94. The third kappa shape index (κ3) is 0.436. The summed E-state index contributed by atoms with van der Waals surface area (Å²) in [5.41, 5.74) is 0.748. The van der Waals surface area contributed by atoms with E-state index in [0.717, 1.165) is 17.3 Å². The summed E-state index contributed by atoms with van der Waals surface area (Å²) in [6, 6.07) is 0. The van der Waals surface area contributed by atoms with Crippen LogP contribution in [0.5, 0.6) is 0 Å². The van der Waals surface area contributed by atoms with Gasteiger partial charge in [-0.2, -0.15) is 0 Å². The first-order valence-electron chi connectivity index (χ1n) is 4.69. The van der Waals surface area contributed by atoms with Crippen molar-refractivity contribution in [3.8, 4) is 0 Å². The molecule has 0 spiro atoms. The highest BCUT2D eigenvalue weighted by Crippen LogP contribution is 2.71. The topological polar surface area (TPSA) is 0 Å². The van der Waals surface area contributed by atoms with E-state index in [1.54, 1.807) is 19.3 Å². The van der Waals surface area contributed by atoms with Crippen LogP contribution in [0.25, 0.3) is 0 Å². The van der Waals surface area contributed by atoms with E-state index in [-0.39, 0.29) is 0 Å².